The van der Waals surface area contributed by atoms with Gasteiger partial charge in [-0.15, -0.1) is 0 Å². The number of hydrogen-bond donors (Lipinski definition) is 1. The number of carbonyl (C=O) groups is 2. The van der Waals surface area contributed by atoms with Crippen LogP contribution in [-0.2, 0) is 16.1 Å². The Hall–Kier alpha value is -1.47. The van der Waals surface area contributed by atoms with Crippen molar-refractivity contribution in [1.29, 1.82) is 0 Å². The molecule has 1 N–H and O–H groups in total. The van der Waals surface area contributed by atoms with Crippen LogP contribution in [0.15, 0.2) is 24.3 Å². The van der Waals surface area contributed by atoms with Crippen molar-refractivity contribution < 1.29 is 14.7 Å². The molecule has 2 amide bonds. The van der Waals surface area contributed by atoms with Gasteiger partial charge in [-0.1, -0.05) is 29.8 Å². The number of rotatable bonds is 4. The van der Waals surface area contributed by atoms with E-state index in [0.29, 0.717) is 31.1 Å². The number of imide groups is 1. The van der Waals surface area contributed by atoms with Gasteiger partial charge in [0.15, 0.2) is 0 Å². The van der Waals surface area contributed by atoms with Gasteiger partial charge in [0.05, 0.1) is 18.7 Å². The van der Waals surface area contributed by atoms with Crippen molar-refractivity contribution >= 4 is 23.4 Å². The lowest BCUT2D eigenvalue weighted by molar-refractivity contribution is -0.180. The number of likely N-dealkylation sites (tertiary alicyclic amines) is 1. The van der Waals surface area contributed by atoms with Gasteiger partial charge in [0.1, 0.15) is 5.54 Å². The summed E-state index contributed by atoms with van der Waals surface area (Å²) in [5.74, 6) is 0.425. The summed E-state index contributed by atoms with van der Waals surface area (Å²) in [4.78, 5) is 32.2. The minimum Gasteiger partial charge on any atom is -0.392 e. The molecule has 1 aromatic rings. The van der Waals surface area contributed by atoms with Crippen LogP contribution < -0.4 is 0 Å². The number of amides is 2. The van der Waals surface area contributed by atoms with Crippen molar-refractivity contribution in [2.75, 3.05) is 26.2 Å². The van der Waals surface area contributed by atoms with Gasteiger partial charge in [0, 0.05) is 31.2 Å². The first-order valence-corrected chi connectivity index (χ1v) is 10.1. The number of hydrogen-bond acceptors (Lipinski definition) is 5. The summed E-state index contributed by atoms with van der Waals surface area (Å²) in [7, 11) is 0. The Labute approximate surface area is 163 Å². The highest BCUT2D eigenvalue weighted by atomic mass is 35.5. The zero-order valence-electron chi connectivity index (χ0n) is 15.2. The van der Waals surface area contributed by atoms with Crippen LogP contribution in [0.1, 0.15) is 24.8 Å². The first kappa shape index (κ1) is 17.6. The maximum Gasteiger partial charge on any atom is 0.252 e. The quantitative estimate of drug-likeness (QED) is 0.781. The Balaban J connectivity index is 1.43. The van der Waals surface area contributed by atoms with Gasteiger partial charge in [-0.05, 0) is 36.8 Å². The Morgan fingerprint density at radius 1 is 1.19 bits per heavy atom. The fraction of sp³-hybridized carbons (Fsp3) is 0.600. The van der Waals surface area contributed by atoms with E-state index in [4.69, 9.17) is 11.6 Å². The average Bonchev–Trinajstić information content (AvgIpc) is 3.34. The Kier molecular flexibility index (Phi) is 4.09. The average molecular weight is 390 g/mol. The van der Waals surface area contributed by atoms with Crippen molar-refractivity contribution in [3.05, 3.63) is 34.9 Å². The molecule has 3 heterocycles. The van der Waals surface area contributed by atoms with Crippen LogP contribution in [-0.4, -0.2) is 75.5 Å². The van der Waals surface area contributed by atoms with E-state index in [2.05, 4.69) is 4.90 Å². The molecule has 27 heavy (non-hydrogen) atoms. The Morgan fingerprint density at radius 2 is 1.93 bits per heavy atom. The molecule has 7 heteroatoms. The highest BCUT2D eigenvalue weighted by molar-refractivity contribution is 6.31. The van der Waals surface area contributed by atoms with E-state index in [1.807, 2.05) is 23.1 Å². The van der Waals surface area contributed by atoms with Gasteiger partial charge in [-0.2, -0.15) is 0 Å². The first-order valence-electron chi connectivity index (χ1n) is 9.74. The number of aliphatic hydroxyl groups is 1. The van der Waals surface area contributed by atoms with Crippen LogP contribution in [0.5, 0.6) is 0 Å². The van der Waals surface area contributed by atoms with Crippen molar-refractivity contribution in [3.63, 3.8) is 0 Å². The van der Waals surface area contributed by atoms with Crippen LogP contribution in [0, 0.1) is 5.92 Å². The van der Waals surface area contributed by atoms with Crippen molar-refractivity contribution in [3.8, 4) is 0 Å². The van der Waals surface area contributed by atoms with Crippen LogP contribution >= 0.6 is 11.6 Å². The fourth-order valence-corrected chi connectivity index (χ4v) is 5.12. The summed E-state index contributed by atoms with van der Waals surface area (Å²) < 4.78 is 0. The monoisotopic (exact) mass is 389 g/mol. The van der Waals surface area contributed by atoms with Gasteiger partial charge in [-0.3, -0.25) is 24.3 Å². The van der Waals surface area contributed by atoms with Crippen LogP contribution in [0.25, 0.3) is 0 Å². The number of aliphatic hydroxyl groups excluding tert-OH is 1. The summed E-state index contributed by atoms with van der Waals surface area (Å²) in [6.45, 7) is 2.94. The molecular formula is C20H24ClN3O3. The van der Waals surface area contributed by atoms with Gasteiger partial charge in [0.2, 0.25) is 5.91 Å². The Bertz CT molecular complexity index is 790. The number of fused-ring (bicyclic) bond motifs is 2. The summed E-state index contributed by atoms with van der Waals surface area (Å²) in [5.41, 5.74) is 0.101. The third-order valence-electron chi connectivity index (χ3n) is 6.49. The second-order valence-electron chi connectivity index (χ2n) is 8.52. The lowest BCUT2D eigenvalue weighted by Crippen LogP contribution is -2.81. The molecule has 0 aromatic heterocycles. The maximum absolute atomic E-state index is 13.5. The van der Waals surface area contributed by atoms with E-state index in [-0.39, 0.29) is 18.4 Å². The minimum atomic E-state index is -0.674. The predicted octanol–water partition coefficient (Wildman–Crippen LogP) is 1.11. The molecular weight excluding hydrogens is 366 g/mol. The second kappa shape index (κ2) is 6.27. The molecule has 1 spiro atoms. The number of benzene rings is 1. The molecule has 0 bridgehead atoms. The highest BCUT2D eigenvalue weighted by Crippen LogP contribution is 2.42. The number of halogens is 1. The number of piperazine rings is 1. The molecule has 0 radical (unpaired) electrons. The normalized spacial score (nSPS) is 30.7. The van der Waals surface area contributed by atoms with Gasteiger partial charge in [-0.25, -0.2) is 0 Å². The topological polar surface area (TPSA) is 64.1 Å². The highest BCUT2D eigenvalue weighted by Gasteiger charge is 2.64. The zero-order chi connectivity index (χ0) is 18.8. The molecule has 5 rings (SSSR count). The molecule has 1 saturated carbocycles. The largest absolute Gasteiger partial charge is 0.392 e. The number of β-amino-alcohol motifs (C(OH)–C–C–N with tert-alkyl or cyclic N) is 1. The predicted molar refractivity (Wildman–Crippen MR) is 100 cm³/mol. The van der Waals surface area contributed by atoms with Crippen LogP contribution in [0.3, 0.4) is 0 Å². The molecule has 3 aliphatic heterocycles. The van der Waals surface area contributed by atoms with E-state index in [0.717, 1.165) is 18.0 Å². The number of nitrogens with zero attached hydrogens (tertiary/aromatic N) is 3. The molecule has 144 valence electrons. The smallest absolute Gasteiger partial charge is 0.252 e. The maximum atomic E-state index is 13.5. The SMILES string of the molecule is O=C1[C@@H]2C[C@@H](O)CN2C2(CN(CC3CC3)C2)C(=O)N1Cc1ccccc1Cl. The summed E-state index contributed by atoms with van der Waals surface area (Å²) in [6, 6.07) is 6.92. The third kappa shape index (κ3) is 2.81. The third-order valence-corrected chi connectivity index (χ3v) is 6.86. The molecule has 1 aliphatic carbocycles. The molecule has 4 aliphatic rings. The van der Waals surface area contributed by atoms with Crippen molar-refractivity contribution in [2.45, 2.75) is 43.5 Å². The summed E-state index contributed by atoms with van der Waals surface area (Å²) >= 11 is 6.27. The van der Waals surface area contributed by atoms with E-state index in [1.165, 1.54) is 17.7 Å². The molecule has 0 unspecified atom stereocenters. The van der Waals surface area contributed by atoms with Crippen LogP contribution in [0.4, 0.5) is 0 Å². The van der Waals surface area contributed by atoms with Crippen LogP contribution in [0.2, 0.25) is 5.02 Å². The number of carbonyl (C=O) groups excluding carboxylic acids is 2. The standard InChI is InChI=1S/C20H24ClN3O3/c21-16-4-2-1-3-14(16)9-23-18(26)17-7-15(25)10-24(17)20(19(23)27)11-22(12-20)8-13-5-6-13/h1-4,13,15,17,25H,5-12H2/t15-,17+/m1/s1. The molecule has 4 fully saturated rings. The lowest BCUT2D eigenvalue weighted by Gasteiger charge is -2.58. The molecule has 2 atom stereocenters. The van der Waals surface area contributed by atoms with Gasteiger partial charge < -0.3 is 5.11 Å². The fourth-order valence-electron chi connectivity index (χ4n) is 4.93. The van der Waals surface area contributed by atoms with Crippen molar-refractivity contribution in [1.82, 2.24) is 14.7 Å². The first-order chi connectivity index (χ1) is 13.0. The van der Waals surface area contributed by atoms with E-state index in [9.17, 15) is 14.7 Å². The van der Waals surface area contributed by atoms with Gasteiger partial charge in [0.25, 0.3) is 5.91 Å². The van der Waals surface area contributed by atoms with E-state index in [1.54, 1.807) is 6.07 Å². The summed E-state index contributed by atoms with van der Waals surface area (Å²) in [5, 5.41) is 10.8. The van der Waals surface area contributed by atoms with E-state index < -0.39 is 17.7 Å². The lowest BCUT2D eigenvalue weighted by atomic mass is 9.82. The van der Waals surface area contributed by atoms with Gasteiger partial charge >= 0.3 is 0 Å². The second-order valence-corrected chi connectivity index (χ2v) is 8.93. The van der Waals surface area contributed by atoms with E-state index >= 15 is 0 Å². The molecule has 3 saturated heterocycles. The van der Waals surface area contributed by atoms with Crippen molar-refractivity contribution in [2.24, 2.45) is 5.92 Å². The summed E-state index contributed by atoms with van der Waals surface area (Å²) in [6.07, 6.45) is 2.40. The Morgan fingerprint density at radius 3 is 2.63 bits per heavy atom. The minimum absolute atomic E-state index is 0.134. The zero-order valence-corrected chi connectivity index (χ0v) is 15.9. The molecule has 6 nitrogen and oxygen atoms in total. The molecule has 1 aromatic carbocycles.